The molecule has 0 unspecified atom stereocenters. The van der Waals surface area contributed by atoms with Gasteiger partial charge >= 0.3 is 0 Å². The predicted octanol–water partition coefficient (Wildman–Crippen LogP) is 1.74. The first-order valence-corrected chi connectivity index (χ1v) is 6.80. The number of carbonyl (C=O) groups is 1. The van der Waals surface area contributed by atoms with Crippen LogP contribution < -0.4 is 5.32 Å². The van der Waals surface area contributed by atoms with E-state index < -0.39 is 0 Å². The Morgan fingerprint density at radius 3 is 3.00 bits per heavy atom. The minimum atomic E-state index is -0.225. The van der Waals surface area contributed by atoms with E-state index in [1.807, 2.05) is 0 Å². The van der Waals surface area contributed by atoms with E-state index >= 15 is 0 Å². The molecular weight excluding hydrogens is 262 g/mol. The number of hydrogen-bond acceptors (Lipinski definition) is 5. The average molecular weight is 276 g/mol. The van der Waals surface area contributed by atoms with Gasteiger partial charge in [-0.05, 0) is 36.8 Å². The first-order chi connectivity index (χ1) is 8.25. The predicted molar refractivity (Wildman–Crippen MR) is 65.4 cm³/mol. The second kappa shape index (κ2) is 6.28. The van der Waals surface area contributed by atoms with Crippen LogP contribution in [0.3, 0.4) is 0 Å². The summed E-state index contributed by atoms with van der Waals surface area (Å²) >= 11 is 6.66. The number of aromatic nitrogens is 2. The average Bonchev–Trinajstić information content (AvgIpc) is 3.04. The Labute approximate surface area is 109 Å². The second-order valence-corrected chi connectivity index (χ2v) is 5.55. The first kappa shape index (κ1) is 12.7. The molecule has 1 aromatic rings. The maximum atomic E-state index is 11.5. The van der Waals surface area contributed by atoms with Crippen molar-refractivity contribution in [1.29, 1.82) is 0 Å². The van der Waals surface area contributed by atoms with Gasteiger partial charge in [-0.15, -0.1) is 10.2 Å². The van der Waals surface area contributed by atoms with Crippen molar-refractivity contribution < 1.29 is 9.53 Å². The van der Waals surface area contributed by atoms with E-state index in [2.05, 4.69) is 15.5 Å². The molecule has 94 valence electrons. The summed E-state index contributed by atoms with van der Waals surface area (Å²) in [5, 5.41) is 10.3. The molecule has 0 bridgehead atoms. The number of halogens is 1. The third kappa shape index (κ3) is 4.57. The molecule has 7 heteroatoms. The molecule has 1 amide bonds. The van der Waals surface area contributed by atoms with E-state index in [1.165, 1.54) is 12.8 Å². The molecule has 1 fully saturated rings. The molecular formula is C10H14ClN3O2S. The number of rotatable bonds is 7. The van der Waals surface area contributed by atoms with Gasteiger partial charge in [0.05, 0.1) is 0 Å². The van der Waals surface area contributed by atoms with Crippen LogP contribution in [-0.4, -0.2) is 35.9 Å². The highest BCUT2D eigenvalue weighted by molar-refractivity contribution is 7.17. The van der Waals surface area contributed by atoms with Crippen molar-refractivity contribution in [1.82, 2.24) is 15.5 Å². The molecule has 0 atom stereocenters. The Bertz CT molecular complexity index is 381. The smallest absolute Gasteiger partial charge is 0.282 e. The van der Waals surface area contributed by atoms with Crippen molar-refractivity contribution in [3.63, 3.8) is 0 Å². The van der Waals surface area contributed by atoms with Crippen LogP contribution in [0.25, 0.3) is 0 Å². The van der Waals surface area contributed by atoms with Gasteiger partial charge in [-0.3, -0.25) is 4.79 Å². The zero-order chi connectivity index (χ0) is 12.1. The second-order valence-electron chi connectivity index (χ2n) is 3.99. The lowest BCUT2D eigenvalue weighted by atomic mass is 10.4. The molecule has 1 heterocycles. The summed E-state index contributed by atoms with van der Waals surface area (Å²) in [6, 6.07) is 0. The fraction of sp³-hybridized carbons (Fsp3) is 0.700. The highest BCUT2D eigenvalue weighted by atomic mass is 35.5. The van der Waals surface area contributed by atoms with Crippen LogP contribution in [0, 0.1) is 5.92 Å². The van der Waals surface area contributed by atoms with Crippen LogP contribution in [0.2, 0.25) is 4.47 Å². The minimum absolute atomic E-state index is 0.225. The van der Waals surface area contributed by atoms with Gasteiger partial charge in [0, 0.05) is 19.8 Å². The third-order valence-corrected chi connectivity index (χ3v) is 3.41. The number of hydrogen-bond donors (Lipinski definition) is 1. The minimum Gasteiger partial charge on any atom is -0.381 e. The standard InChI is InChI=1S/C10H14ClN3O2S/c11-10-14-13-9(17-10)8(15)12-4-1-5-16-6-7-2-3-7/h7H,1-6H2,(H,12,15). The van der Waals surface area contributed by atoms with Gasteiger partial charge in [0.15, 0.2) is 0 Å². The zero-order valence-electron chi connectivity index (χ0n) is 9.32. The van der Waals surface area contributed by atoms with Crippen molar-refractivity contribution in [3.8, 4) is 0 Å². The van der Waals surface area contributed by atoms with Gasteiger partial charge in [0.25, 0.3) is 5.91 Å². The topological polar surface area (TPSA) is 64.1 Å². The van der Waals surface area contributed by atoms with Crippen LogP contribution in [0.5, 0.6) is 0 Å². The zero-order valence-corrected chi connectivity index (χ0v) is 10.9. The SMILES string of the molecule is O=C(NCCCOCC1CC1)c1nnc(Cl)s1. The number of nitrogens with one attached hydrogen (secondary N) is 1. The van der Waals surface area contributed by atoms with E-state index in [0.29, 0.717) is 18.2 Å². The van der Waals surface area contributed by atoms with Crippen LogP contribution >= 0.6 is 22.9 Å². The molecule has 1 aliphatic rings. The molecule has 0 aliphatic heterocycles. The third-order valence-electron chi connectivity index (χ3n) is 2.40. The molecule has 0 aromatic carbocycles. The van der Waals surface area contributed by atoms with Crippen molar-refractivity contribution in [2.45, 2.75) is 19.3 Å². The van der Waals surface area contributed by atoms with Gasteiger partial charge in [-0.25, -0.2) is 0 Å². The fourth-order valence-corrected chi connectivity index (χ4v) is 2.03. The van der Waals surface area contributed by atoms with Crippen LogP contribution in [-0.2, 0) is 4.74 Å². The van der Waals surface area contributed by atoms with Gasteiger partial charge in [-0.1, -0.05) is 11.3 Å². The maximum absolute atomic E-state index is 11.5. The Morgan fingerprint density at radius 1 is 1.53 bits per heavy atom. The lowest BCUT2D eigenvalue weighted by molar-refractivity contribution is 0.0936. The molecule has 2 rings (SSSR count). The van der Waals surface area contributed by atoms with Crippen molar-refractivity contribution >= 4 is 28.8 Å². The Kier molecular flexibility index (Phi) is 4.70. The van der Waals surface area contributed by atoms with Gasteiger partial charge < -0.3 is 10.1 Å². The lowest BCUT2D eigenvalue weighted by Gasteiger charge is -2.03. The van der Waals surface area contributed by atoms with Crippen molar-refractivity contribution in [2.24, 2.45) is 5.92 Å². The fourth-order valence-electron chi connectivity index (χ4n) is 1.28. The molecule has 1 aromatic heterocycles. The van der Waals surface area contributed by atoms with E-state index in [1.54, 1.807) is 0 Å². The van der Waals surface area contributed by atoms with Crippen LogP contribution in [0.1, 0.15) is 29.1 Å². The van der Waals surface area contributed by atoms with E-state index in [0.717, 1.165) is 30.3 Å². The highest BCUT2D eigenvalue weighted by Gasteiger charge is 2.20. The first-order valence-electron chi connectivity index (χ1n) is 5.60. The molecule has 17 heavy (non-hydrogen) atoms. The number of ether oxygens (including phenoxy) is 1. The van der Waals surface area contributed by atoms with Crippen molar-refractivity contribution in [3.05, 3.63) is 9.47 Å². The molecule has 0 radical (unpaired) electrons. The van der Waals surface area contributed by atoms with Gasteiger partial charge in [-0.2, -0.15) is 0 Å². The van der Waals surface area contributed by atoms with Gasteiger partial charge in [0.2, 0.25) is 9.47 Å². The van der Waals surface area contributed by atoms with E-state index in [4.69, 9.17) is 16.3 Å². The molecule has 1 saturated carbocycles. The Hall–Kier alpha value is -0.720. The van der Waals surface area contributed by atoms with E-state index in [-0.39, 0.29) is 10.4 Å². The lowest BCUT2D eigenvalue weighted by Crippen LogP contribution is -2.25. The molecule has 1 N–H and O–H groups in total. The van der Waals surface area contributed by atoms with E-state index in [9.17, 15) is 4.79 Å². The monoisotopic (exact) mass is 275 g/mol. The Morgan fingerprint density at radius 2 is 2.35 bits per heavy atom. The van der Waals surface area contributed by atoms with Crippen molar-refractivity contribution in [2.75, 3.05) is 19.8 Å². The number of carbonyl (C=O) groups excluding carboxylic acids is 1. The van der Waals surface area contributed by atoms with Crippen LogP contribution in [0.4, 0.5) is 0 Å². The summed E-state index contributed by atoms with van der Waals surface area (Å²) in [5.74, 6) is 0.560. The summed E-state index contributed by atoms with van der Waals surface area (Å²) in [4.78, 5) is 11.5. The summed E-state index contributed by atoms with van der Waals surface area (Å²) in [6.45, 7) is 2.13. The van der Waals surface area contributed by atoms with Gasteiger partial charge in [0.1, 0.15) is 0 Å². The molecule has 1 aliphatic carbocycles. The molecule has 0 saturated heterocycles. The number of amides is 1. The maximum Gasteiger partial charge on any atom is 0.282 e. The molecule has 5 nitrogen and oxygen atoms in total. The molecule has 0 spiro atoms. The largest absolute Gasteiger partial charge is 0.381 e. The quantitative estimate of drug-likeness (QED) is 0.770. The van der Waals surface area contributed by atoms with Crippen LogP contribution in [0.15, 0.2) is 0 Å². The highest BCUT2D eigenvalue weighted by Crippen LogP contribution is 2.28. The summed E-state index contributed by atoms with van der Waals surface area (Å²) in [5.41, 5.74) is 0. The summed E-state index contributed by atoms with van der Waals surface area (Å²) in [6.07, 6.45) is 3.41. The Balaban J connectivity index is 1.53. The number of nitrogens with zero attached hydrogens (tertiary/aromatic N) is 2. The summed E-state index contributed by atoms with van der Waals surface area (Å²) in [7, 11) is 0. The summed E-state index contributed by atoms with van der Waals surface area (Å²) < 4.78 is 5.73. The normalized spacial score (nSPS) is 14.9.